The lowest BCUT2D eigenvalue weighted by atomic mass is 10.1. The highest BCUT2D eigenvalue weighted by Crippen LogP contribution is 2.26. The van der Waals surface area contributed by atoms with Crippen LogP contribution in [0.5, 0.6) is 5.75 Å². The number of carbonyl (C=O) groups is 3. The molecular weight excluding hydrogens is 536 g/mol. The van der Waals surface area contributed by atoms with Crippen molar-refractivity contribution in [1.29, 1.82) is 0 Å². The van der Waals surface area contributed by atoms with Gasteiger partial charge in [0.05, 0.1) is 6.42 Å². The molecule has 0 fully saturated rings. The number of Topliss-reactive ketones (excluding diaryl/α,β-unsaturated/α-hetero) is 1. The van der Waals surface area contributed by atoms with Crippen LogP contribution in [0.1, 0.15) is 46.6 Å². The zero-order valence-electron chi connectivity index (χ0n) is 22.2. The molecule has 2 atom stereocenters. The first-order valence-electron chi connectivity index (χ1n) is 12.3. The SMILES string of the molecule is CC[C@@H](C(=O)N[C@H](CC(=O)OC(C)(C)C)C(=O)COc1c(F)c(F)cc(F)c1F)n1ccc2ccccc2c1=O. The largest absolute Gasteiger partial charge is 0.479 e. The number of aromatic nitrogens is 1. The maximum absolute atomic E-state index is 14.0. The van der Waals surface area contributed by atoms with Crippen molar-refractivity contribution in [1.82, 2.24) is 9.88 Å². The standard InChI is InChI=1S/C28H28F4N2O6/c1-5-20(34-11-10-15-8-6-7-9-16(15)27(34)38)26(37)33-19(13-22(36)40-28(2,3)4)21(35)14-39-25-23(31)17(29)12-18(30)24(25)32/h6-12,19-20H,5,13-14H2,1-4H3,(H,33,37)/t19-,20+/m1/s1. The van der Waals surface area contributed by atoms with Crippen LogP contribution in [-0.2, 0) is 19.1 Å². The summed E-state index contributed by atoms with van der Waals surface area (Å²) in [6, 6.07) is 5.64. The number of pyridine rings is 1. The number of ketones is 1. The zero-order valence-corrected chi connectivity index (χ0v) is 22.2. The maximum atomic E-state index is 14.0. The number of nitrogens with zero attached hydrogens (tertiary/aromatic N) is 1. The molecule has 0 bridgehead atoms. The van der Waals surface area contributed by atoms with Gasteiger partial charge in [0.1, 0.15) is 24.3 Å². The Balaban J connectivity index is 1.87. The van der Waals surface area contributed by atoms with Gasteiger partial charge >= 0.3 is 5.97 Å². The summed E-state index contributed by atoms with van der Waals surface area (Å²) in [5.41, 5.74) is -1.40. The molecule has 3 aromatic rings. The van der Waals surface area contributed by atoms with E-state index in [4.69, 9.17) is 9.47 Å². The number of carbonyl (C=O) groups excluding carboxylic acids is 3. The first-order valence-corrected chi connectivity index (χ1v) is 12.3. The molecule has 0 aliphatic heterocycles. The van der Waals surface area contributed by atoms with Crippen LogP contribution in [0.15, 0.2) is 47.4 Å². The topological polar surface area (TPSA) is 104 Å². The van der Waals surface area contributed by atoms with Crippen LogP contribution in [0.2, 0.25) is 0 Å². The van der Waals surface area contributed by atoms with Gasteiger partial charge in [0, 0.05) is 17.6 Å². The fourth-order valence-electron chi connectivity index (χ4n) is 3.94. The Morgan fingerprint density at radius 2 is 1.62 bits per heavy atom. The van der Waals surface area contributed by atoms with Gasteiger partial charge in [-0.05, 0) is 44.7 Å². The van der Waals surface area contributed by atoms with Crippen molar-refractivity contribution in [2.75, 3.05) is 6.61 Å². The summed E-state index contributed by atoms with van der Waals surface area (Å²) in [4.78, 5) is 51.8. The van der Waals surface area contributed by atoms with Crippen LogP contribution in [0.25, 0.3) is 10.8 Å². The molecule has 0 saturated heterocycles. The third kappa shape index (κ3) is 7.04. The van der Waals surface area contributed by atoms with Gasteiger partial charge in [0.15, 0.2) is 23.2 Å². The van der Waals surface area contributed by atoms with Crippen molar-refractivity contribution < 1.29 is 41.4 Å². The Bertz CT molecular complexity index is 1470. The molecule has 214 valence electrons. The number of benzene rings is 2. The minimum atomic E-state index is -1.86. The molecule has 0 aliphatic rings. The Kier molecular flexibility index (Phi) is 9.33. The summed E-state index contributed by atoms with van der Waals surface area (Å²) < 4.78 is 66.2. The van der Waals surface area contributed by atoms with E-state index in [2.05, 4.69) is 5.32 Å². The van der Waals surface area contributed by atoms with Crippen LogP contribution >= 0.6 is 0 Å². The number of fused-ring (bicyclic) bond motifs is 1. The molecule has 12 heteroatoms. The summed E-state index contributed by atoms with van der Waals surface area (Å²) >= 11 is 0. The summed E-state index contributed by atoms with van der Waals surface area (Å²) in [5.74, 6) is -11.4. The number of halogens is 4. The van der Waals surface area contributed by atoms with Gasteiger partial charge in [-0.25, -0.2) is 8.78 Å². The number of hydrogen-bond acceptors (Lipinski definition) is 6. The first kappa shape index (κ1) is 30.3. The van der Waals surface area contributed by atoms with E-state index in [9.17, 15) is 36.7 Å². The normalized spacial score (nSPS) is 13.0. The molecule has 1 aromatic heterocycles. The van der Waals surface area contributed by atoms with Crippen LogP contribution in [-0.4, -0.2) is 40.5 Å². The summed E-state index contributed by atoms with van der Waals surface area (Å²) in [5, 5.41) is 3.40. The smallest absolute Gasteiger partial charge is 0.308 e. The average Bonchev–Trinajstić information content (AvgIpc) is 2.87. The number of amides is 1. The predicted molar refractivity (Wildman–Crippen MR) is 137 cm³/mol. The fourth-order valence-corrected chi connectivity index (χ4v) is 3.94. The number of ether oxygens (including phenoxy) is 2. The lowest BCUT2D eigenvalue weighted by molar-refractivity contribution is -0.156. The first-order chi connectivity index (χ1) is 18.7. The Morgan fingerprint density at radius 1 is 1.00 bits per heavy atom. The highest BCUT2D eigenvalue weighted by atomic mass is 19.2. The summed E-state index contributed by atoms with van der Waals surface area (Å²) in [6.07, 6.45) is 0.847. The number of esters is 1. The molecule has 40 heavy (non-hydrogen) atoms. The van der Waals surface area contributed by atoms with Crippen LogP contribution in [0, 0.1) is 23.3 Å². The van der Waals surface area contributed by atoms with Crippen molar-refractivity contribution in [2.45, 2.75) is 58.2 Å². The monoisotopic (exact) mass is 564 g/mol. The molecule has 1 heterocycles. The minimum absolute atomic E-state index is 0.0233. The van der Waals surface area contributed by atoms with E-state index in [1.54, 1.807) is 58.0 Å². The second-order valence-corrected chi connectivity index (χ2v) is 9.94. The highest BCUT2D eigenvalue weighted by Gasteiger charge is 2.31. The van der Waals surface area contributed by atoms with Gasteiger partial charge in [0.2, 0.25) is 17.5 Å². The molecule has 3 rings (SSSR count). The molecule has 0 aliphatic carbocycles. The highest BCUT2D eigenvalue weighted by molar-refractivity contribution is 5.94. The molecule has 0 saturated carbocycles. The zero-order chi connectivity index (χ0) is 29.8. The third-order valence-corrected chi connectivity index (χ3v) is 5.79. The molecule has 1 amide bonds. The van der Waals surface area contributed by atoms with E-state index in [0.717, 1.165) is 0 Å². The molecule has 0 unspecified atom stereocenters. The summed E-state index contributed by atoms with van der Waals surface area (Å²) in [6.45, 7) is 5.20. The van der Waals surface area contributed by atoms with E-state index >= 15 is 0 Å². The average molecular weight is 565 g/mol. The van der Waals surface area contributed by atoms with Crippen LogP contribution in [0.4, 0.5) is 17.6 Å². The quantitative estimate of drug-likeness (QED) is 0.223. The Labute approximate surface area is 226 Å². The Hall–Kier alpha value is -4.22. The second-order valence-electron chi connectivity index (χ2n) is 9.94. The molecule has 0 radical (unpaired) electrons. The van der Waals surface area contributed by atoms with E-state index in [1.165, 1.54) is 10.8 Å². The fraction of sp³-hybridized carbons (Fsp3) is 0.357. The van der Waals surface area contributed by atoms with Crippen molar-refractivity contribution in [3.05, 3.63) is 76.2 Å². The van der Waals surface area contributed by atoms with E-state index in [1.807, 2.05) is 0 Å². The lowest BCUT2D eigenvalue weighted by Gasteiger charge is -2.24. The molecule has 8 nitrogen and oxygen atoms in total. The van der Waals surface area contributed by atoms with E-state index in [0.29, 0.717) is 10.8 Å². The Morgan fingerprint density at radius 3 is 2.23 bits per heavy atom. The molecular formula is C28H28F4N2O6. The molecule has 0 spiro atoms. The molecule has 1 N–H and O–H groups in total. The van der Waals surface area contributed by atoms with Crippen molar-refractivity contribution in [3.63, 3.8) is 0 Å². The third-order valence-electron chi connectivity index (χ3n) is 5.79. The van der Waals surface area contributed by atoms with Crippen molar-refractivity contribution in [2.24, 2.45) is 0 Å². The minimum Gasteiger partial charge on any atom is -0.479 e. The number of rotatable bonds is 10. The van der Waals surface area contributed by atoms with Gasteiger partial charge in [-0.3, -0.25) is 19.2 Å². The van der Waals surface area contributed by atoms with Gasteiger partial charge in [-0.1, -0.05) is 25.1 Å². The summed E-state index contributed by atoms with van der Waals surface area (Å²) in [7, 11) is 0. The van der Waals surface area contributed by atoms with Gasteiger partial charge in [0.25, 0.3) is 5.56 Å². The lowest BCUT2D eigenvalue weighted by Crippen LogP contribution is -2.48. The van der Waals surface area contributed by atoms with Crippen LogP contribution < -0.4 is 15.6 Å². The van der Waals surface area contributed by atoms with Crippen LogP contribution in [0.3, 0.4) is 0 Å². The van der Waals surface area contributed by atoms with Crippen molar-refractivity contribution in [3.8, 4) is 5.75 Å². The molecule has 2 aromatic carbocycles. The maximum Gasteiger partial charge on any atom is 0.308 e. The van der Waals surface area contributed by atoms with Gasteiger partial charge in [-0.2, -0.15) is 8.78 Å². The predicted octanol–water partition coefficient (Wildman–Crippen LogP) is 4.37. The van der Waals surface area contributed by atoms with Crippen molar-refractivity contribution >= 4 is 28.4 Å². The van der Waals surface area contributed by atoms with E-state index < -0.39 is 82.9 Å². The second kappa shape index (κ2) is 12.3. The van der Waals surface area contributed by atoms with Gasteiger partial charge < -0.3 is 19.4 Å². The van der Waals surface area contributed by atoms with Gasteiger partial charge in [-0.15, -0.1) is 0 Å². The number of nitrogens with one attached hydrogen (secondary N) is 1. The number of hydrogen-bond donors (Lipinski definition) is 1. The van der Waals surface area contributed by atoms with E-state index in [-0.39, 0.29) is 12.5 Å².